The number of hydrogen-bond donors (Lipinski definition) is 1. The molecule has 2 heterocycles. The number of alkyl halides is 3. The van der Waals surface area contributed by atoms with Crippen LogP contribution in [0.25, 0.3) is 0 Å². The summed E-state index contributed by atoms with van der Waals surface area (Å²) in [5, 5.41) is 12.3. The van der Waals surface area contributed by atoms with Crippen LogP contribution in [-0.2, 0) is 10.9 Å². The maximum Gasteiger partial charge on any atom is 0.417 e. The first-order valence-electron chi connectivity index (χ1n) is 12.2. The lowest BCUT2D eigenvalue weighted by atomic mass is 9.71. The molecule has 1 atom stereocenters. The van der Waals surface area contributed by atoms with Crippen molar-refractivity contribution in [2.45, 2.75) is 57.2 Å². The monoisotopic (exact) mass is 478 g/mol. The van der Waals surface area contributed by atoms with E-state index in [-0.39, 0.29) is 29.0 Å². The summed E-state index contributed by atoms with van der Waals surface area (Å²) < 4.78 is 45.8. The first-order chi connectivity index (χ1) is 16.3. The van der Waals surface area contributed by atoms with Gasteiger partial charge in [-0.15, -0.1) is 0 Å². The van der Waals surface area contributed by atoms with Crippen molar-refractivity contribution in [3.05, 3.63) is 29.3 Å². The van der Waals surface area contributed by atoms with E-state index < -0.39 is 11.7 Å². The van der Waals surface area contributed by atoms with E-state index in [1.807, 2.05) is 9.80 Å². The SMILES string of the molecule is COCC1CN(C(=O)NC2CCCCC2)CC12CCN(c1ccc(C#N)c(C(F)(F)F)c1)CC2. The number of piperidine rings is 1. The van der Waals surface area contributed by atoms with E-state index in [2.05, 4.69) is 5.32 Å². The summed E-state index contributed by atoms with van der Waals surface area (Å²) in [6.45, 7) is 3.04. The third kappa shape index (κ3) is 5.12. The molecule has 2 saturated heterocycles. The third-order valence-corrected chi connectivity index (χ3v) is 7.95. The van der Waals surface area contributed by atoms with Gasteiger partial charge in [0.25, 0.3) is 0 Å². The predicted molar refractivity (Wildman–Crippen MR) is 122 cm³/mol. The fourth-order valence-electron chi connectivity index (χ4n) is 5.97. The Kier molecular flexibility index (Phi) is 7.27. The first kappa shape index (κ1) is 24.6. The Labute approximate surface area is 199 Å². The van der Waals surface area contributed by atoms with Crippen LogP contribution in [0.4, 0.5) is 23.7 Å². The molecule has 1 unspecified atom stereocenters. The average Bonchev–Trinajstić information content (AvgIpc) is 3.17. The van der Waals surface area contributed by atoms with Crippen molar-refractivity contribution in [3.63, 3.8) is 0 Å². The highest BCUT2D eigenvalue weighted by Crippen LogP contribution is 2.46. The lowest BCUT2D eigenvalue weighted by Crippen LogP contribution is -2.47. The highest BCUT2D eigenvalue weighted by molar-refractivity contribution is 5.75. The van der Waals surface area contributed by atoms with Gasteiger partial charge in [0.1, 0.15) is 0 Å². The fraction of sp³-hybridized carbons (Fsp3) is 0.680. The normalized spacial score (nSPS) is 23.2. The first-order valence-corrected chi connectivity index (χ1v) is 12.2. The number of carbonyl (C=O) groups is 1. The van der Waals surface area contributed by atoms with Crippen molar-refractivity contribution in [3.8, 4) is 6.07 Å². The van der Waals surface area contributed by atoms with Crippen LogP contribution in [0.2, 0.25) is 0 Å². The molecule has 3 fully saturated rings. The lowest BCUT2D eigenvalue weighted by molar-refractivity contribution is -0.137. The van der Waals surface area contributed by atoms with E-state index in [1.54, 1.807) is 19.2 Å². The zero-order chi connectivity index (χ0) is 24.3. The van der Waals surface area contributed by atoms with Gasteiger partial charge >= 0.3 is 12.2 Å². The molecule has 1 N–H and O–H groups in total. The summed E-state index contributed by atoms with van der Waals surface area (Å²) in [6, 6.07) is 5.82. The number of nitrogens with zero attached hydrogens (tertiary/aromatic N) is 3. The topological polar surface area (TPSA) is 68.6 Å². The highest BCUT2D eigenvalue weighted by atomic mass is 19.4. The molecule has 4 rings (SSSR count). The van der Waals surface area contributed by atoms with E-state index in [1.165, 1.54) is 12.5 Å². The summed E-state index contributed by atoms with van der Waals surface area (Å²) in [4.78, 5) is 16.9. The molecule has 2 aliphatic heterocycles. The number of amides is 2. The number of anilines is 1. The molecular formula is C25H33F3N4O2. The molecule has 1 aromatic rings. The Morgan fingerprint density at radius 2 is 1.94 bits per heavy atom. The van der Waals surface area contributed by atoms with Crippen molar-refractivity contribution in [2.75, 3.05) is 44.8 Å². The second-order valence-electron chi connectivity index (χ2n) is 10.0. The standard InChI is InChI=1S/C25H33F3N4O2/c1-34-16-19-15-32(23(33)30-20-5-3-2-4-6-20)17-24(19)9-11-31(12-10-24)21-8-7-18(14-29)22(13-21)25(26,27)28/h7-8,13,19-20H,2-6,9-12,15-17H2,1H3,(H,30,33). The molecule has 0 aromatic heterocycles. The number of methoxy groups -OCH3 is 1. The number of benzene rings is 1. The van der Waals surface area contributed by atoms with Crippen LogP contribution in [0.1, 0.15) is 56.1 Å². The molecule has 2 amide bonds. The van der Waals surface area contributed by atoms with Crippen molar-refractivity contribution >= 4 is 11.7 Å². The minimum Gasteiger partial charge on any atom is -0.384 e. The maximum atomic E-state index is 13.4. The number of likely N-dealkylation sites (tertiary alicyclic amines) is 1. The third-order valence-electron chi connectivity index (χ3n) is 7.95. The Balaban J connectivity index is 1.44. The Morgan fingerprint density at radius 1 is 1.24 bits per heavy atom. The molecule has 1 aliphatic carbocycles. The second-order valence-corrected chi connectivity index (χ2v) is 10.0. The van der Waals surface area contributed by atoms with Crippen LogP contribution in [0.5, 0.6) is 0 Å². The molecule has 34 heavy (non-hydrogen) atoms. The molecule has 1 saturated carbocycles. The van der Waals surface area contributed by atoms with Gasteiger partial charge in [-0.1, -0.05) is 19.3 Å². The molecule has 1 spiro atoms. The number of carbonyl (C=O) groups excluding carboxylic acids is 1. The average molecular weight is 479 g/mol. The molecule has 9 heteroatoms. The van der Waals surface area contributed by atoms with Crippen LogP contribution >= 0.6 is 0 Å². The molecule has 186 valence electrons. The van der Waals surface area contributed by atoms with Gasteiger partial charge in [-0.05, 0) is 49.3 Å². The van der Waals surface area contributed by atoms with Gasteiger partial charge in [0.05, 0.1) is 23.8 Å². The summed E-state index contributed by atoms with van der Waals surface area (Å²) in [5.41, 5.74) is -0.873. The second kappa shape index (κ2) is 10.0. The number of ether oxygens (including phenoxy) is 1. The van der Waals surface area contributed by atoms with Gasteiger partial charge in [-0.2, -0.15) is 18.4 Å². The number of rotatable bonds is 4. The van der Waals surface area contributed by atoms with Crippen molar-refractivity contribution < 1.29 is 22.7 Å². The van der Waals surface area contributed by atoms with Crippen LogP contribution in [0.15, 0.2) is 18.2 Å². The van der Waals surface area contributed by atoms with Gasteiger partial charge in [-0.3, -0.25) is 0 Å². The van der Waals surface area contributed by atoms with E-state index in [0.717, 1.165) is 44.6 Å². The van der Waals surface area contributed by atoms with E-state index in [9.17, 15) is 18.0 Å². The minimum absolute atomic E-state index is 0.00535. The van der Waals surface area contributed by atoms with Crippen LogP contribution in [0.3, 0.4) is 0 Å². The maximum absolute atomic E-state index is 13.4. The lowest BCUT2D eigenvalue weighted by Gasteiger charge is -2.43. The van der Waals surface area contributed by atoms with Crippen LogP contribution < -0.4 is 10.2 Å². The zero-order valence-electron chi connectivity index (χ0n) is 19.7. The minimum atomic E-state index is -4.57. The Bertz CT molecular complexity index is 916. The van der Waals surface area contributed by atoms with Crippen LogP contribution in [0, 0.1) is 22.7 Å². The molecule has 0 radical (unpaired) electrons. The summed E-state index contributed by atoms with van der Waals surface area (Å²) in [6.07, 6.45) is 2.59. The Hall–Kier alpha value is -2.47. The van der Waals surface area contributed by atoms with Crippen molar-refractivity contribution in [1.29, 1.82) is 5.26 Å². The highest BCUT2D eigenvalue weighted by Gasteiger charge is 2.49. The van der Waals surface area contributed by atoms with Crippen molar-refractivity contribution in [1.82, 2.24) is 10.2 Å². The molecule has 0 bridgehead atoms. The quantitative estimate of drug-likeness (QED) is 0.676. The largest absolute Gasteiger partial charge is 0.417 e. The predicted octanol–water partition coefficient (Wildman–Crippen LogP) is 4.78. The van der Waals surface area contributed by atoms with E-state index in [4.69, 9.17) is 10.00 Å². The molecular weight excluding hydrogens is 445 g/mol. The number of nitriles is 1. The number of nitrogens with one attached hydrogen (secondary N) is 1. The van der Waals surface area contributed by atoms with Gasteiger partial charge < -0.3 is 19.9 Å². The van der Waals surface area contributed by atoms with E-state index in [0.29, 0.717) is 38.5 Å². The molecule has 3 aliphatic rings. The van der Waals surface area contributed by atoms with E-state index >= 15 is 0 Å². The fourth-order valence-corrected chi connectivity index (χ4v) is 5.97. The van der Waals surface area contributed by atoms with Gasteiger partial charge in [0, 0.05) is 50.9 Å². The number of urea groups is 1. The van der Waals surface area contributed by atoms with Gasteiger partial charge in [-0.25, -0.2) is 4.79 Å². The molecule has 1 aromatic carbocycles. The Morgan fingerprint density at radius 3 is 2.56 bits per heavy atom. The van der Waals surface area contributed by atoms with Gasteiger partial charge in [0.15, 0.2) is 0 Å². The summed E-state index contributed by atoms with van der Waals surface area (Å²) in [7, 11) is 1.67. The van der Waals surface area contributed by atoms with Crippen LogP contribution in [-0.4, -0.2) is 56.9 Å². The zero-order valence-corrected chi connectivity index (χ0v) is 19.7. The number of hydrogen-bond acceptors (Lipinski definition) is 4. The smallest absolute Gasteiger partial charge is 0.384 e. The van der Waals surface area contributed by atoms with Gasteiger partial charge in [0.2, 0.25) is 0 Å². The molecule has 6 nitrogen and oxygen atoms in total. The number of halogens is 3. The summed E-state index contributed by atoms with van der Waals surface area (Å²) in [5.74, 6) is 0.198. The van der Waals surface area contributed by atoms with Crippen molar-refractivity contribution in [2.24, 2.45) is 11.3 Å². The summed E-state index contributed by atoms with van der Waals surface area (Å²) >= 11 is 0.